The quantitative estimate of drug-likeness (QED) is 0.697. The Bertz CT molecular complexity index is 191. The summed E-state index contributed by atoms with van der Waals surface area (Å²) in [6.45, 7) is 7.36. The molecule has 1 atom stereocenters. The maximum atomic E-state index is 10.9. The Labute approximate surface area is 94.0 Å². The van der Waals surface area contributed by atoms with Crippen molar-refractivity contribution in [3.05, 3.63) is 0 Å². The van der Waals surface area contributed by atoms with E-state index in [9.17, 15) is 4.79 Å². The van der Waals surface area contributed by atoms with Crippen LogP contribution in [0, 0.1) is 5.92 Å². The van der Waals surface area contributed by atoms with Gasteiger partial charge in [0, 0.05) is 13.0 Å². The van der Waals surface area contributed by atoms with Crippen LogP contribution in [0.5, 0.6) is 0 Å². The standard InChI is InChI=1S/C13H25NO/c1-3-5-13-6-4-9-14(11-8-13)10-7-12(2)15/h13H,3-11H2,1-2H3. The first kappa shape index (κ1) is 12.7. The predicted molar refractivity (Wildman–Crippen MR) is 64.0 cm³/mol. The molecule has 2 nitrogen and oxygen atoms in total. The fourth-order valence-corrected chi connectivity index (χ4v) is 2.46. The smallest absolute Gasteiger partial charge is 0.131 e. The largest absolute Gasteiger partial charge is 0.303 e. The van der Waals surface area contributed by atoms with Crippen LogP contribution < -0.4 is 0 Å². The van der Waals surface area contributed by atoms with Crippen molar-refractivity contribution in [2.75, 3.05) is 19.6 Å². The van der Waals surface area contributed by atoms with Crippen LogP contribution in [0.25, 0.3) is 0 Å². The molecule has 1 heterocycles. The van der Waals surface area contributed by atoms with Gasteiger partial charge in [0.15, 0.2) is 0 Å². The van der Waals surface area contributed by atoms with E-state index >= 15 is 0 Å². The molecule has 2 heteroatoms. The average molecular weight is 211 g/mol. The molecular formula is C13H25NO. The zero-order valence-electron chi connectivity index (χ0n) is 10.3. The number of rotatable bonds is 5. The highest BCUT2D eigenvalue weighted by Gasteiger charge is 2.16. The highest BCUT2D eigenvalue weighted by molar-refractivity contribution is 5.75. The second-order valence-corrected chi connectivity index (χ2v) is 4.88. The van der Waals surface area contributed by atoms with E-state index in [2.05, 4.69) is 11.8 Å². The van der Waals surface area contributed by atoms with E-state index in [0.29, 0.717) is 5.78 Å². The highest BCUT2D eigenvalue weighted by Crippen LogP contribution is 2.21. The molecule has 88 valence electrons. The lowest BCUT2D eigenvalue weighted by Crippen LogP contribution is -2.27. The van der Waals surface area contributed by atoms with Gasteiger partial charge in [0.25, 0.3) is 0 Å². The third-order valence-electron chi connectivity index (χ3n) is 3.42. The molecule has 0 N–H and O–H groups in total. The molecule has 0 amide bonds. The van der Waals surface area contributed by atoms with E-state index in [-0.39, 0.29) is 0 Å². The first-order chi connectivity index (χ1) is 7.22. The van der Waals surface area contributed by atoms with Gasteiger partial charge in [-0.25, -0.2) is 0 Å². The molecule has 0 bridgehead atoms. The molecule has 1 aliphatic rings. The van der Waals surface area contributed by atoms with Crippen molar-refractivity contribution in [3.8, 4) is 0 Å². The minimum absolute atomic E-state index is 0.323. The van der Waals surface area contributed by atoms with Gasteiger partial charge in [-0.05, 0) is 45.2 Å². The number of ketones is 1. The topological polar surface area (TPSA) is 20.3 Å². The summed E-state index contributed by atoms with van der Waals surface area (Å²) >= 11 is 0. The maximum absolute atomic E-state index is 10.9. The molecule has 1 rings (SSSR count). The van der Waals surface area contributed by atoms with Crippen molar-refractivity contribution in [1.82, 2.24) is 4.90 Å². The van der Waals surface area contributed by atoms with Gasteiger partial charge in [-0.2, -0.15) is 0 Å². The Balaban J connectivity index is 2.23. The van der Waals surface area contributed by atoms with Crippen LogP contribution in [0.15, 0.2) is 0 Å². The zero-order chi connectivity index (χ0) is 11.1. The minimum atomic E-state index is 0.323. The number of carbonyl (C=O) groups is 1. The predicted octanol–water partition coefficient (Wildman–Crippen LogP) is 2.87. The molecule has 1 unspecified atom stereocenters. The zero-order valence-corrected chi connectivity index (χ0v) is 10.3. The lowest BCUT2D eigenvalue weighted by Gasteiger charge is -2.19. The molecule has 0 aromatic rings. The Morgan fingerprint density at radius 1 is 1.33 bits per heavy atom. The van der Waals surface area contributed by atoms with Crippen LogP contribution >= 0.6 is 0 Å². The Kier molecular flexibility index (Phi) is 5.92. The summed E-state index contributed by atoms with van der Waals surface area (Å²) in [4.78, 5) is 13.4. The summed E-state index contributed by atoms with van der Waals surface area (Å²) in [5.74, 6) is 1.27. The van der Waals surface area contributed by atoms with Crippen LogP contribution in [-0.2, 0) is 4.79 Å². The number of carbonyl (C=O) groups excluding carboxylic acids is 1. The Hall–Kier alpha value is -0.370. The van der Waals surface area contributed by atoms with Crippen molar-refractivity contribution < 1.29 is 4.79 Å². The summed E-state index contributed by atoms with van der Waals surface area (Å²) in [7, 11) is 0. The maximum Gasteiger partial charge on any atom is 0.131 e. The normalized spacial score (nSPS) is 23.7. The van der Waals surface area contributed by atoms with E-state index in [1.165, 1.54) is 45.2 Å². The molecule has 0 spiro atoms. The number of hydrogen-bond donors (Lipinski definition) is 0. The van der Waals surface area contributed by atoms with Gasteiger partial charge in [-0.3, -0.25) is 4.79 Å². The first-order valence-electron chi connectivity index (χ1n) is 6.44. The molecule has 1 saturated heterocycles. The fourth-order valence-electron chi connectivity index (χ4n) is 2.46. The summed E-state index contributed by atoms with van der Waals surface area (Å²) in [6, 6.07) is 0. The van der Waals surface area contributed by atoms with E-state index in [1.54, 1.807) is 6.92 Å². The first-order valence-corrected chi connectivity index (χ1v) is 6.44. The van der Waals surface area contributed by atoms with Gasteiger partial charge in [0.05, 0.1) is 0 Å². The van der Waals surface area contributed by atoms with Gasteiger partial charge in [-0.15, -0.1) is 0 Å². The van der Waals surface area contributed by atoms with Crippen molar-refractivity contribution in [3.63, 3.8) is 0 Å². The molecule has 1 fully saturated rings. The number of hydrogen-bond acceptors (Lipinski definition) is 2. The SMILES string of the molecule is CCCC1CCCN(CCC(C)=O)CC1. The van der Waals surface area contributed by atoms with Crippen molar-refractivity contribution >= 4 is 5.78 Å². The summed E-state index contributed by atoms with van der Waals surface area (Å²) < 4.78 is 0. The third-order valence-corrected chi connectivity index (χ3v) is 3.42. The summed E-state index contributed by atoms with van der Waals surface area (Å²) in [5.41, 5.74) is 0. The molecule has 0 aromatic carbocycles. The molecule has 1 aliphatic heterocycles. The molecule has 0 aliphatic carbocycles. The average Bonchev–Trinajstić information content (AvgIpc) is 2.41. The summed E-state index contributed by atoms with van der Waals surface area (Å²) in [5, 5.41) is 0. The van der Waals surface area contributed by atoms with Crippen LogP contribution in [0.1, 0.15) is 52.4 Å². The van der Waals surface area contributed by atoms with Crippen LogP contribution in [-0.4, -0.2) is 30.3 Å². The second-order valence-electron chi connectivity index (χ2n) is 4.88. The highest BCUT2D eigenvalue weighted by atomic mass is 16.1. The lowest BCUT2D eigenvalue weighted by atomic mass is 9.96. The number of nitrogens with zero attached hydrogens (tertiary/aromatic N) is 1. The minimum Gasteiger partial charge on any atom is -0.303 e. The van der Waals surface area contributed by atoms with Crippen LogP contribution in [0.3, 0.4) is 0 Å². The molecular weight excluding hydrogens is 186 g/mol. The lowest BCUT2D eigenvalue weighted by molar-refractivity contribution is -0.117. The van der Waals surface area contributed by atoms with Gasteiger partial charge < -0.3 is 4.90 Å². The summed E-state index contributed by atoms with van der Waals surface area (Å²) in [6.07, 6.45) is 7.50. The molecule has 0 saturated carbocycles. The van der Waals surface area contributed by atoms with Crippen LogP contribution in [0.4, 0.5) is 0 Å². The Morgan fingerprint density at radius 2 is 2.13 bits per heavy atom. The van der Waals surface area contributed by atoms with Gasteiger partial charge in [0.2, 0.25) is 0 Å². The molecule has 0 radical (unpaired) electrons. The fraction of sp³-hybridized carbons (Fsp3) is 0.923. The molecule has 0 aromatic heterocycles. The van der Waals surface area contributed by atoms with Gasteiger partial charge in [0.1, 0.15) is 5.78 Å². The molecule has 15 heavy (non-hydrogen) atoms. The third kappa shape index (κ3) is 5.31. The number of likely N-dealkylation sites (tertiary alicyclic amines) is 1. The van der Waals surface area contributed by atoms with Gasteiger partial charge >= 0.3 is 0 Å². The van der Waals surface area contributed by atoms with E-state index < -0.39 is 0 Å². The Morgan fingerprint density at radius 3 is 2.80 bits per heavy atom. The van der Waals surface area contributed by atoms with Crippen molar-refractivity contribution in [2.45, 2.75) is 52.4 Å². The van der Waals surface area contributed by atoms with Gasteiger partial charge in [-0.1, -0.05) is 19.8 Å². The van der Waals surface area contributed by atoms with Crippen molar-refractivity contribution in [1.29, 1.82) is 0 Å². The monoisotopic (exact) mass is 211 g/mol. The van der Waals surface area contributed by atoms with Crippen LogP contribution in [0.2, 0.25) is 0 Å². The van der Waals surface area contributed by atoms with Crippen molar-refractivity contribution in [2.24, 2.45) is 5.92 Å². The van der Waals surface area contributed by atoms with E-state index in [4.69, 9.17) is 0 Å². The number of Topliss-reactive ketones (excluding diaryl/α,β-unsaturated/α-hetero) is 1. The van der Waals surface area contributed by atoms with E-state index in [1.807, 2.05) is 0 Å². The second kappa shape index (κ2) is 7.00. The van der Waals surface area contributed by atoms with E-state index in [0.717, 1.165) is 18.9 Å².